The number of hydrogen-bond donors (Lipinski definition) is 1. The van der Waals surface area contributed by atoms with Crippen molar-refractivity contribution in [3.05, 3.63) is 0 Å². The minimum atomic E-state index is 0.294. The molecule has 2 nitrogen and oxygen atoms in total. The summed E-state index contributed by atoms with van der Waals surface area (Å²) in [6.45, 7) is 13.0. The molecule has 16 heavy (non-hydrogen) atoms. The molecule has 0 radical (unpaired) electrons. The van der Waals surface area contributed by atoms with Crippen LogP contribution in [0.5, 0.6) is 0 Å². The van der Waals surface area contributed by atoms with Crippen molar-refractivity contribution in [1.29, 1.82) is 0 Å². The van der Waals surface area contributed by atoms with Gasteiger partial charge in [-0.1, -0.05) is 26.7 Å². The van der Waals surface area contributed by atoms with E-state index in [1.54, 1.807) is 0 Å². The lowest BCUT2D eigenvalue weighted by Gasteiger charge is -2.52. The van der Waals surface area contributed by atoms with Gasteiger partial charge in [-0.25, -0.2) is 0 Å². The summed E-state index contributed by atoms with van der Waals surface area (Å²) in [4.78, 5) is 2.79. The quantitative estimate of drug-likeness (QED) is 0.776. The summed E-state index contributed by atoms with van der Waals surface area (Å²) in [7, 11) is 0. The van der Waals surface area contributed by atoms with Crippen molar-refractivity contribution in [2.75, 3.05) is 19.6 Å². The largest absolute Gasteiger partial charge is 0.309 e. The van der Waals surface area contributed by atoms with Crippen LogP contribution in [0, 0.1) is 5.92 Å². The predicted octanol–water partition coefficient (Wildman–Crippen LogP) is 2.64. The van der Waals surface area contributed by atoms with Gasteiger partial charge in [0, 0.05) is 30.7 Å². The van der Waals surface area contributed by atoms with E-state index in [9.17, 15) is 0 Å². The van der Waals surface area contributed by atoms with Gasteiger partial charge in [-0.3, -0.25) is 4.90 Å². The Hall–Kier alpha value is -0.0800. The number of piperazine rings is 1. The molecular formula is C14H28N2. The van der Waals surface area contributed by atoms with Crippen molar-refractivity contribution < 1.29 is 0 Å². The van der Waals surface area contributed by atoms with Crippen LogP contribution in [0.1, 0.15) is 53.4 Å². The molecule has 94 valence electrons. The molecule has 2 heteroatoms. The summed E-state index contributed by atoms with van der Waals surface area (Å²) < 4.78 is 0. The summed E-state index contributed by atoms with van der Waals surface area (Å²) in [5.41, 5.74) is 0.794. The number of rotatable bonds is 2. The average Bonchev–Trinajstić information content (AvgIpc) is 2.60. The first kappa shape index (κ1) is 12.4. The Kier molecular flexibility index (Phi) is 3.33. The molecule has 1 aliphatic heterocycles. The van der Waals surface area contributed by atoms with Gasteiger partial charge in [-0.2, -0.15) is 0 Å². The Morgan fingerprint density at radius 2 is 1.81 bits per heavy atom. The second kappa shape index (κ2) is 4.30. The molecule has 1 N–H and O–H groups in total. The standard InChI is InChI=1S/C14H28N2/c1-12(2)9-16-11-13(3,4)15-10-14(16)7-5-6-8-14/h12,15H,5-11H2,1-4H3. The Morgan fingerprint density at radius 3 is 2.38 bits per heavy atom. The van der Waals surface area contributed by atoms with Crippen LogP contribution in [0.3, 0.4) is 0 Å². The van der Waals surface area contributed by atoms with Crippen LogP contribution in [-0.4, -0.2) is 35.6 Å². The lowest BCUT2D eigenvalue weighted by molar-refractivity contribution is 0.0105. The summed E-state index contributed by atoms with van der Waals surface area (Å²) in [6, 6.07) is 0. The lowest BCUT2D eigenvalue weighted by Crippen LogP contribution is -2.67. The van der Waals surface area contributed by atoms with E-state index in [0.717, 1.165) is 5.92 Å². The fraction of sp³-hybridized carbons (Fsp3) is 1.00. The summed E-state index contributed by atoms with van der Waals surface area (Å²) in [5, 5.41) is 3.75. The van der Waals surface area contributed by atoms with Gasteiger partial charge in [0.25, 0.3) is 0 Å². The lowest BCUT2D eigenvalue weighted by atomic mass is 9.86. The van der Waals surface area contributed by atoms with Crippen molar-refractivity contribution in [2.45, 2.75) is 64.5 Å². The van der Waals surface area contributed by atoms with Crippen molar-refractivity contribution in [3.8, 4) is 0 Å². The summed E-state index contributed by atoms with van der Waals surface area (Å²) in [6.07, 6.45) is 5.67. The Morgan fingerprint density at radius 1 is 1.19 bits per heavy atom. The van der Waals surface area contributed by atoms with E-state index in [2.05, 4.69) is 37.9 Å². The molecule has 0 aromatic rings. The zero-order valence-electron chi connectivity index (χ0n) is 11.5. The Balaban J connectivity index is 2.11. The number of nitrogens with zero attached hydrogens (tertiary/aromatic N) is 1. The van der Waals surface area contributed by atoms with Gasteiger partial charge in [-0.05, 0) is 32.6 Å². The van der Waals surface area contributed by atoms with Crippen LogP contribution in [0.15, 0.2) is 0 Å². The van der Waals surface area contributed by atoms with Gasteiger partial charge in [0.15, 0.2) is 0 Å². The fourth-order valence-corrected chi connectivity index (χ4v) is 3.44. The van der Waals surface area contributed by atoms with Crippen LogP contribution in [-0.2, 0) is 0 Å². The van der Waals surface area contributed by atoms with Crippen molar-refractivity contribution in [1.82, 2.24) is 10.2 Å². The van der Waals surface area contributed by atoms with Crippen LogP contribution in [0.25, 0.3) is 0 Å². The van der Waals surface area contributed by atoms with E-state index in [1.165, 1.54) is 45.3 Å². The maximum atomic E-state index is 3.75. The second-order valence-electron chi connectivity index (χ2n) is 6.94. The van der Waals surface area contributed by atoms with E-state index in [0.29, 0.717) is 11.1 Å². The Labute approximate surface area is 101 Å². The molecule has 0 atom stereocenters. The highest BCUT2D eigenvalue weighted by atomic mass is 15.3. The topological polar surface area (TPSA) is 15.3 Å². The van der Waals surface area contributed by atoms with Crippen LogP contribution >= 0.6 is 0 Å². The maximum Gasteiger partial charge on any atom is 0.0335 e. The maximum absolute atomic E-state index is 3.75. The van der Waals surface area contributed by atoms with Gasteiger partial charge < -0.3 is 5.32 Å². The van der Waals surface area contributed by atoms with Crippen molar-refractivity contribution in [2.24, 2.45) is 5.92 Å². The molecule has 1 saturated heterocycles. The van der Waals surface area contributed by atoms with Crippen molar-refractivity contribution in [3.63, 3.8) is 0 Å². The molecule has 2 aliphatic rings. The normalized spacial score (nSPS) is 29.1. The van der Waals surface area contributed by atoms with E-state index in [4.69, 9.17) is 0 Å². The number of nitrogens with one attached hydrogen (secondary N) is 1. The van der Waals surface area contributed by atoms with Crippen molar-refractivity contribution >= 4 is 0 Å². The third-order valence-electron chi connectivity index (χ3n) is 4.27. The number of hydrogen-bond acceptors (Lipinski definition) is 2. The first-order valence-electron chi connectivity index (χ1n) is 6.94. The minimum absolute atomic E-state index is 0.294. The SMILES string of the molecule is CC(C)CN1CC(C)(C)NCC12CCCC2. The molecule has 0 aromatic carbocycles. The van der Waals surface area contributed by atoms with Gasteiger partial charge >= 0.3 is 0 Å². The highest BCUT2D eigenvalue weighted by Crippen LogP contribution is 2.38. The van der Waals surface area contributed by atoms with Gasteiger partial charge in [0.1, 0.15) is 0 Å². The van der Waals surface area contributed by atoms with Crippen LogP contribution < -0.4 is 5.32 Å². The van der Waals surface area contributed by atoms with E-state index >= 15 is 0 Å². The molecule has 2 rings (SSSR count). The zero-order chi connectivity index (χ0) is 11.8. The monoisotopic (exact) mass is 224 g/mol. The van der Waals surface area contributed by atoms with Gasteiger partial charge in [-0.15, -0.1) is 0 Å². The van der Waals surface area contributed by atoms with Crippen LogP contribution in [0.4, 0.5) is 0 Å². The molecule has 1 heterocycles. The molecule has 0 unspecified atom stereocenters. The first-order chi connectivity index (χ1) is 7.44. The fourth-order valence-electron chi connectivity index (χ4n) is 3.44. The molecule has 0 bridgehead atoms. The molecule has 2 fully saturated rings. The molecule has 1 aliphatic carbocycles. The molecule has 0 aromatic heterocycles. The Bertz CT molecular complexity index is 239. The zero-order valence-corrected chi connectivity index (χ0v) is 11.5. The van der Waals surface area contributed by atoms with Crippen LogP contribution in [0.2, 0.25) is 0 Å². The average molecular weight is 224 g/mol. The van der Waals surface area contributed by atoms with Gasteiger partial charge in [0.2, 0.25) is 0 Å². The minimum Gasteiger partial charge on any atom is -0.309 e. The van der Waals surface area contributed by atoms with Gasteiger partial charge in [0.05, 0.1) is 0 Å². The molecule has 1 saturated carbocycles. The second-order valence-corrected chi connectivity index (χ2v) is 6.94. The summed E-state index contributed by atoms with van der Waals surface area (Å²) in [5.74, 6) is 0.784. The summed E-state index contributed by atoms with van der Waals surface area (Å²) >= 11 is 0. The molecule has 0 amide bonds. The third kappa shape index (κ3) is 2.43. The smallest absolute Gasteiger partial charge is 0.0335 e. The van der Waals surface area contributed by atoms with E-state index in [1.807, 2.05) is 0 Å². The van der Waals surface area contributed by atoms with E-state index in [-0.39, 0.29) is 0 Å². The van der Waals surface area contributed by atoms with E-state index < -0.39 is 0 Å². The highest BCUT2D eigenvalue weighted by Gasteiger charge is 2.45. The first-order valence-corrected chi connectivity index (χ1v) is 6.94. The molecular weight excluding hydrogens is 196 g/mol. The highest BCUT2D eigenvalue weighted by molar-refractivity contribution is 5.04. The predicted molar refractivity (Wildman–Crippen MR) is 69.7 cm³/mol. The third-order valence-corrected chi connectivity index (χ3v) is 4.27. The molecule has 1 spiro atoms.